The van der Waals surface area contributed by atoms with Gasteiger partial charge in [0.25, 0.3) is 0 Å². The first-order valence-corrected chi connectivity index (χ1v) is 4.95. The first-order valence-electron chi connectivity index (χ1n) is 4.95. The van der Waals surface area contributed by atoms with Crippen molar-refractivity contribution in [1.82, 2.24) is 9.97 Å². The second-order valence-electron chi connectivity index (χ2n) is 3.67. The van der Waals surface area contributed by atoms with Crippen LogP contribution in [0, 0.1) is 12.7 Å². The predicted molar refractivity (Wildman–Crippen MR) is 59.2 cm³/mol. The smallest absolute Gasteiger partial charge is 0.123 e. The van der Waals surface area contributed by atoms with Gasteiger partial charge in [-0.15, -0.1) is 0 Å². The highest BCUT2D eigenvalue weighted by Gasteiger charge is 2.11. The van der Waals surface area contributed by atoms with Crippen LogP contribution < -0.4 is 5.73 Å². The van der Waals surface area contributed by atoms with Crippen LogP contribution in [0.15, 0.2) is 36.8 Å². The van der Waals surface area contributed by atoms with Crippen molar-refractivity contribution in [2.75, 3.05) is 0 Å². The van der Waals surface area contributed by atoms with Crippen LogP contribution in [0.4, 0.5) is 4.39 Å². The highest BCUT2D eigenvalue weighted by Crippen LogP contribution is 2.19. The monoisotopic (exact) mass is 217 g/mol. The second-order valence-corrected chi connectivity index (χ2v) is 3.67. The third-order valence-electron chi connectivity index (χ3n) is 2.35. The van der Waals surface area contributed by atoms with Crippen LogP contribution in [0.25, 0.3) is 0 Å². The molecule has 0 aliphatic rings. The first-order chi connectivity index (χ1) is 7.66. The Hall–Kier alpha value is -1.81. The molecule has 1 heterocycles. The molecule has 1 aromatic carbocycles. The van der Waals surface area contributed by atoms with E-state index in [0.717, 1.165) is 11.1 Å². The summed E-state index contributed by atoms with van der Waals surface area (Å²) < 4.78 is 13.2. The number of nitrogens with zero attached hydrogens (tertiary/aromatic N) is 2. The summed E-state index contributed by atoms with van der Waals surface area (Å²) in [5, 5.41) is 0. The summed E-state index contributed by atoms with van der Waals surface area (Å²) in [7, 11) is 0. The number of hydrogen-bond donors (Lipinski definition) is 1. The molecule has 82 valence electrons. The second kappa shape index (κ2) is 4.37. The molecule has 0 aliphatic heterocycles. The van der Waals surface area contributed by atoms with E-state index in [0.29, 0.717) is 5.69 Å². The van der Waals surface area contributed by atoms with Gasteiger partial charge in [-0.05, 0) is 36.2 Å². The maximum atomic E-state index is 13.2. The predicted octanol–water partition coefficient (Wildman–Crippen LogP) is 1.97. The Morgan fingerprint density at radius 2 is 2.12 bits per heavy atom. The first kappa shape index (κ1) is 10.7. The van der Waals surface area contributed by atoms with Crippen LogP contribution in [0.2, 0.25) is 0 Å². The normalized spacial score (nSPS) is 12.4. The lowest BCUT2D eigenvalue weighted by atomic mass is 10.0. The molecule has 0 fully saturated rings. The van der Waals surface area contributed by atoms with E-state index in [2.05, 4.69) is 9.97 Å². The molecule has 4 heteroatoms. The van der Waals surface area contributed by atoms with Crippen molar-refractivity contribution in [1.29, 1.82) is 0 Å². The molecule has 1 atom stereocenters. The Morgan fingerprint density at radius 1 is 1.31 bits per heavy atom. The zero-order valence-corrected chi connectivity index (χ0v) is 8.89. The van der Waals surface area contributed by atoms with Crippen molar-refractivity contribution >= 4 is 0 Å². The SMILES string of the molecule is Cc1cc(F)cc(C(N)c2ccncn2)c1. The molecule has 1 aromatic heterocycles. The van der Waals surface area contributed by atoms with Crippen LogP contribution in [0.5, 0.6) is 0 Å². The van der Waals surface area contributed by atoms with E-state index in [1.54, 1.807) is 12.3 Å². The Balaban J connectivity index is 2.37. The van der Waals surface area contributed by atoms with E-state index in [4.69, 9.17) is 5.73 Å². The molecule has 2 N–H and O–H groups in total. The van der Waals surface area contributed by atoms with Crippen LogP contribution >= 0.6 is 0 Å². The van der Waals surface area contributed by atoms with Gasteiger partial charge in [-0.3, -0.25) is 0 Å². The Labute approximate surface area is 93.2 Å². The number of hydrogen-bond acceptors (Lipinski definition) is 3. The Bertz CT molecular complexity index is 465. The van der Waals surface area contributed by atoms with E-state index in [1.807, 2.05) is 13.0 Å². The molecule has 0 saturated carbocycles. The van der Waals surface area contributed by atoms with Gasteiger partial charge < -0.3 is 5.73 Å². The lowest BCUT2D eigenvalue weighted by molar-refractivity contribution is 0.621. The van der Waals surface area contributed by atoms with Crippen molar-refractivity contribution in [3.8, 4) is 0 Å². The number of halogens is 1. The minimum Gasteiger partial charge on any atom is -0.319 e. The fourth-order valence-corrected chi connectivity index (χ4v) is 1.60. The van der Waals surface area contributed by atoms with Gasteiger partial charge in [-0.25, -0.2) is 14.4 Å². The van der Waals surface area contributed by atoms with Crippen molar-refractivity contribution in [3.63, 3.8) is 0 Å². The van der Waals surface area contributed by atoms with Crippen LogP contribution in [0.1, 0.15) is 22.9 Å². The van der Waals surface area contributed by atoms with Gasteiger partial charge >= 0.3 is 0 Å². The van der Waals surface area contributed by atoms with E-state index in [9.17, 15) is 4.39 Å². The molecule has 16 heavy (non-hydrogen) atoms. The average molecular weight is 217 g/mol. The van der Waals surface area contributed by atoms with Gasteiger partial charge in [0.15, 0.2) is 0 Å². The highest BCUT2D eigenvalue weighted by atomic mass is 19.1. The highest BCUT2D eigenvalue weighted by molar-refractivity contribution is 5.30. The lowest BCUT2D eigenvalue weighted by Gasteiger charge is -2.11. The number of nitrogens with two attached hydrogens (primary N) is 1. The van der Waals surface area contributed by atoms with E-state index in [-0.39, 0.29) is 5.82 Å². The maximum absolute atomic E-state index is 13.2. The molecule has 0 radical (unpaired) electrons. The largest absolute Gasteiger partial charge is 0.319 e. The Kier molecular flexibility index (Phi) is 2.92. The number of aryl methyl sites for hydroxylation is 1. The molecule has 0 bridgehead atoms. The summed E-state index contributed by atoms with van der Waals surface area (Å²) >= 11 is 0. The molecule has 0 amide bonds. The van der Waals surface area contributed by atoms with Gasteiger partial charge in [-0.2, -0.15) is 0 Å². The number of benzene rings is 1. The summed E-state index contributed by atoms with van der Waals surface area (Å²) in [5.41, 5.74) is 8.24. The lowest BCUT2D eigenvalue weighted by Crippen LogP contribution is -2.14. The minimum absolute atomic E-state index is 0.278. The quantitative estimate of drug-likeness (QED) is 0.836. The van der Waals surface area contributed by atoms with Crippen molar-refractivity contribution in [2.24, 2.45) is 5.73 Å². The molecule has 0 saturated heterocycles. The van der Waals surface area contributed by atoms with Gasteiger partial charge in [0.05, 0.1) is 11.7 Å². The summed E-state index contributed by atoms with van der Waals surface area (Å²) in [6.45, 7) is 1.83. The molecule has 0 aliphatic carbocycles. The number of rotatable bonds is 2. The van der Waals surface area contributed by atoms with Crippen molar-refractivity contribution < 1.29 is 4.39 Å². The molecule has 0 spiro atoms. The third kappa shape index (κ3) is 2.23. The summed E-state index contributed by atoms with van der Waals surface area (Å²) in [6, 6.07) is 6.06. The molecule has 1 unspecified atom stereocenters. The molecule has 2 aromatic rings. The standard InChI is InChI=1S/C12H12FN3/c1-8-4-9(6-10(13)5-8)12(14)11-2-3-15-7-16-11/h2-7,12H,14H2,1H3. The van der Waals surface area contributed by atoms with Crippen molar-refractivity contribution in [3.05, 3.63) is 59.4 Å². The van der Waals surface area contributed by atoms with Gasteiger partial charge in [0.2, 0.25) is 0 Å². The molecular weight excluding hydrogens is 205 g/mol. The molecule has 2 rings (SSSR count). The average Bonchev–Trinajstić information content (AvgIpc) is 2.28. The zero-order valence-electron chi connectivity index (χ0n) is 8.89. The topological polar surface area (TPSA) is 51.8 Å². The zero-order chi connectivity index (χ0) is 11.5. The van der Waals surface area contributed by atoms with Crippen LogP contribution in [-0.2, 0) is 0 Å². The summed E-state index contributed by atoms with van der Waals surface area (Å²) in [4.78, 5) is 7.87. The van der Waals surface area contributed by atoms with Crippen LogP contribution in [0.3, 0.4) is 0 Å². The van der Waals surface area contributed by atoms with E-state index in [1.165, 1.54) is 18.5 Å². The van der Waals surface area contributed by atoms with E-state index >= 15 is 0 Å². The fourth-order valence-electron chi connectivity index (χ4n) is 1.60. The summed E-state index contributed by atoms with van der Waals surface area (Å²) in [6.07, 6.45) is 3.05. The third-order valence-corrected chi connectivity index (χ3v) is 2.35. The van der Waals surface area contributed by atoms with Crippen LogP contribution in [-0.4, -0.2) is 9.97 Å². The maximum Gasteiger partial charge on any atom is 0.123 e. The summed E-state index contributed by atoms with van der Waals surface area (Å²) in [5.74, 6) is -0.278. The van der Waals surface area contributed by atoms with Gasteiger partial charge in [0.1, 0.15) is 12.1 Å². The molecule has 3 nitrogen and oxygen atoms in total. The minimum atomic E-state index is -0.419. The van der Waals surface area contributed by atoms with Gasteiger partial charge in [0, 0.05) is 6.20 Å². The molecular formula is C12H12FN3. The van der Waals surface area contributed by atoms with Crippen molar-refractivity contribution in [2.45, 2.75) is 13.0 Å². The number of aromatic nitrogens is 2. The van der Waals surface area contributed by atoms with Gasteiger partial charge in [-0.1, -0.05) is 6.07 Å². The fraction of sp³-hybridized carbons (Fsp3) is 0.167. The van der Waals surface area contributed by atoms with E-state index < -0.39 is 6.04 Å². The Morgan fingerprint density at radius 3 is 2.75 bits per heavy atom.